The van der Waals surface area contributed by atoms with Gasteiger partial charge >= 0.3 is 0 Å². The van der Waals surface area contributed by atoms with Crippen LogP contribution in [0.4, 0.5) is 4.39 Å². The minimum Gasteiger partial charge on any atom is -0.467 e. The highest BCUT2D eigenvalue weighted by Crippen LogP contribution is 2.31. The van der Waals surface area contributed by atoms with Crippen molar-refractivity contribution in [1.29, 1.82) is 0 Å². The SMILES string of the molecule is O=C(CN1CCC(O)(c2ccc(F)cc2)C1)NCc1ccco1. The molecule has 2 heterocycles. The van der Waals surface area contributed by atoms with Crippen LogP contribution in [0.25, 0.3) is 0 Å². The number of amides is 1. The standard InChI is InChI=1S/C17H19FN2O3/c18-14-5-3-13(4-6-14)17(22)7-8-20(12-17)11-16(21)19-10-15-2-1-9-23-15/h1-6,9,22H,7-8,10-12H2,(H,19,21). The van der Waals surface area contributed by atoms with E-state index in [1.165, 1.54) is 12.1 Å². The molecule has 1 saturated heterocycles. The number of aliphatic hydroxyl groups is 1. The van der Waals surface area contributed by atoms with Gasteiger partial charge in [0.15, 0.2) is 0 Å². The smallest absolute Gasteiger partial charge is 0.234 e. The van der Waals surface area contributed by atoms with Gasteiger partial charge in [-0.05, 0) is 36.2 Å². The van der Waals surface area contributed by atoms with Gasteiger partial charge in [-0.1, -0.05) is 12.1 Å². The molecule has 1 aliphatic heterocycles. The summed E-state index contributed by atoms with van der Waals surface area (Å²) in [4.78, 5) is 13.9. The lowest BCUT2D eigenvalue weighted by atomic mass is 9.93. The second-order valence-corrected chi connectivity index (χ2v) is 5.86. The largest absolute Gasteiger partial charge is 0.467 e. The van der Waals surface area contributed by atoms with Gasteiger partial charge in [0.05, 0.1) is 19.4 Å². The molecule has 1 unspecified atom stereocenters. The second kappa shape index (κ2) is 6.52. The third kappa shape index (κ3) is 3.78. The monoisotopic (exact) mass is 318 g/mol. The van der Waals surface area contributed by atoms with Crippen molar-refractivity contribution in [1.82, 2.24) is 10.2 Å². The number of rotatable bonds is 5. The van der Waals surface area contributed by atoms with Gasteiger partial charge < -0.3 is 14.8 Å². The van der Waals surface area contributed by atoms with Crippen molar-refractivity contribution < 1.29 is 18.7 Å². The first-order valence-electron chi connectivity index (χ1n) is 7.55. The number of nitrogens with one attached hydrogen (secondary N) is 1. The first-order chi connectivity index (χ1) is 11.0. The number of likely N-dealkylation sites (tertiary alicyclic amines) is 1. The van der Waals surface area contributed by atoms with Gasteiger partial charge in [0.2, 0.25) is 5.91 Å². The van der Waals surface area contributed by atoms with Crippen molar-refractivity contribution in [2.24, 2.45) is 0 Å². The molecular formula is C17H19FN2O3. The number of nitrogens with zero attached hydrogens (tertiary/aromatic N) is 1. The van der Waals surface area contributed by atoms with Gasteiger partial charge in [-0.3, -0.25) is 9.69 Å². The average molecular weight is 318 g/mol. The molecule has 1 aromatic heterocycles. The maximum Gasteiger partial charge on any atom is 0.234 e. The molecule has 1 aromatic carbocycles. The molecule has 6 heteroatoms. The van der Waals surface area contributed by atoms with Crippen molar-refractivity contribution in [3.05, 3.63) is 59.8 Å². The summed E-state index contributed by atoms with van der Waals surface area (Å²) >= 11 is 0. The summed E-state index contributed by atoms with van der Waals surface area (Å²) in [6.45, 7) is 1.53. The van der Waals surface area contributed by atoms with Crippen molar-refractivity contribution in [2.75, 3.05) is 19.6 Å². The number of furan rings is 1. The first-order valence-corrected chi connectivity index (χ1v) is 7.55. The number of carbonyl (C=O) groups is 1. The molecule has 0 bridgehead atoms. The lowest BCUT2D eigenvalue weighted by molar-refractivity contribution is -0.122. The molecule has 1 amide bonds. The van der Waals surface area contributed by atoms with E-state index in [4.69, 9.17) is 4.42 Å². The minimum atomic E-state index is -1.03. The average Bonchev–Trinajstić information content (AvgIpc) is 3.16. The lowest BCUT2D eigenvalue weighted by Crippen LogP contribution is -2.38. The third-order valence-corrected chi connectivity index (χ3v) is 4.12. The fourth-order valence-corrected chi connectivity index (χ4v) is 2.86. The van der Waals surface area contributed by atoms with Crippen LogP contribution in [0.2, 0.25) is 0 Å². The normalized spacial score (nSPS) is 21.5. The van der Waals surface area contributed by atoms with Crippen LogP contribution < -0.4 is 5.32 Å². The molecule has 1 aliphatic rings. The summed E-state index contributed by atoms with van der Waals surface area (Å²) < 4.78 is 18.2. The highest BCUT2D eigenvalue weighted by molar-refractivity contribution is 5.78. The molecule has 3 rings (SSSR count). The summed E-state index contributed by atoms with van der Waals surface area (Å²) in [7, 11) is 0. The molecule has 5 nitrogen and oxygen atoms in total. The molecule has 0 radical (unpaired) electrons. The van der Waals surface area contributed by atoms with Crippen LogP contribution in [0.1, 0.15) is 17.7 Å². The molecule has 2 aromatic rings. The number of hydrogen-bond donors (Lipinski definition) is 2. The number of benzene rings is 1. The van der Waals surface area contributed by atoms with Crippen LogP contribution in [0.5, 0.6) is 0 Å². The Bertz CT molecular complexity index is 657. The highest BCUT2D eigenvalue weighted by Gasteiger charge is 2.38. The topological polar surface area (TPSA) is 65.7 Å². The fraction of sp³-hybridized carbons (Fsp3) is 0.353. The van der Waals surface area contributed by atoms with E-state index in [9.17, 15) is 14.3 Å². The first kappa shape index (κ1) is 15.7. The predicted molar refractivity (Wildman–Crippen MR) is 81.9 cm³/mol. The molecule has 0 saturated carbocycles. The number of hydrogen-bond acceptors (Lipinski definition) is 4. The quantitative estimate of drug-likeness (QED) is 0.879. The molecular weight excluding hydrogens is 299 g/mol. The Hall–Kier alpha value is -2.18. The summed E-state index contributed by atoms with van der Waals surface area (Å²) in [5.41, 5.74) is -0.355. The maximum atomic E-state index is 13.0. The molecule has 0 spiro atoms. The van der Waals surface area contributed by atoms with E-state index in [0.29, 0.717) is 37.4 Å². The van der Waals surface area contributed by atoms with Crippen molar-refractivity contribution in [3.63, 3.8) is 0 Å². The van der Waals surface area contributed by atoms with E-state index < -0.39 is 5.60 Å². The minimum absolute atomic E-state index is 0.121. The van der Waals surface area contributed by atoms with E-state index >= 15 is 0 Å². The van der Waals surface area contributed by atoms with E-state index in [1.54, 1.807) is 30.5 Å². The highest BCUT2D eigenvalue weighted by atomic mass is 19.1. The van der Waals surface area contributed by atoms with E-state index in [0.717, 1.165) is 0 Å². The molecule has 1 fully saturated rings. The molecule has 0 aliphatic carbocycles. The van der Waals surface area contributed by atoms with Crippen LogP contribution in [0, 0.1) is 5.82 Å². The van der Waals surface area contributed by atoms with Crippen LogP contribution >= 0.6 is 0 Å². The van der Waals surface area contributed by atoms with Gasteiger partial charge in [0.1, 0.15) is 17.2 Å². The maximum absolute atomic E-state index is 13.0. The van der Waals surface area contributed by atoms with Crippen molar-refractivity contribution in [3.8, 4) is 0 Å². The van der Waals surface area contributed by atoms with Gasteiger partial charge in [-0.15, -0.1) is 0 Å². The summed E-state index contributed by atoms with van der Waals surface area (Å²) in [6, 6.07) is 9.43. The zero-order valence-electron chi connectivity index (χ0n) is 12.7. The molecule has 1 atom stereocenters. The number of β-amino-alcohol motifs (C(OH)–C–C–N with tert-alkyl or cyclic N) is 1. The summed E-state index contributed by atoms with van der Waals surface area (Å²) in [6.07, 6.45) is 2.08. The van der Waals surface area contributed by atoms with Crippen LogP contribution in [-0.2, 0) is 16.9 Å². The zero-order valence-corrected chi connectivity index (χ0v) is 12.7. The molecule has 122 valence electrons. The van der Waals surface area contributed by atoms with Crippen molar-refractivity contribution >= 4 is 5.91 Å². The predicted octanol–water partition coefficient (Wildman–Crippen LogP) is 1.63. The van der Waals surface area contributed by atoms with Gasteiger partial charge in [0, 0.05) is 13.1 Å². The van der Waals surface area contributed by atoms with Gasteiger partial charge in [-0.25, -0.2) is 4.39 Å². The Morgan fingerprint density at radius 2 is 2.13 bits per heavy atom. The Labute approximate surface area is 133 Å². The van der Waals surface area contributed by atoms with Crippen molar-refractivity contribution in [2.45, 2.75) is 18.6 Å². The van der Waals surface area contributed by atoms with Gasteiger partial charge in [-0.2, -0.15) is 0 Å². The third-order valence-electron chi connectivity index (χ3n) is 4.12. The van der Waals surface area contributed by atoms with Gasteiger partial charge in [0.25, 0.3) is 0 Å². The second-order valence-electron chi connectivity index (χ2n) is 5.86. The summed E-state index contributed by atoms with van der Waals surface area (Å²) in [5.74, 6) is 0.247. The lowest BCUT2D eigenvalue weighted by Gasteiger charge is -2.23. The Kier molecular flexibility index (Phi) is 4.45. The Balaban J connectivity index is 1.52. The summed E-state index contributed by atoms with van der Waals surface area (Å²) in [5, 5.41) is 13.5. The Morgan fingerprint density at radius 1 is 1.35 bits per heavy atom. The van der Waals surface area contributed by atoms with Crippen LogP contribution in [0.15, 0.2) is 47.1 Å². The van der Waals surface area contributed by atoms with Crippen LogP contribution in [0.3, 0.4) is 0 Å². The van der Waals surface area contributed by atoms with E-state index in [2.05, 4.69) is 5.32 Å². The van der Waals surface area contributed by atoms with Crippen LogP contribution in [-0.4, -0.2) is 35.5 Å². The molecule has 23 heavy (non-hydrogen) atoms. The fourth-order valence-electron chi connectivity index (χ4n) is 2.86. The van der Waals surface area contributed by atoms with E-state index in [-0.39, 0.29) is 18.3 Å². The van der Waals surface area contributed by atoms with E-state index in [1.807, 2.05) is 4.90 Å². The molecule has 2 N–H and O–H groups in total. The number of halogens is 1. The Morgan fingerprint density at radius 3 is 2.83 bits per heavy atom. The zero-order chi connectivity index (χ0) is 16.3. The number of carbonyl (C=O) groups excluding carboxylic acids is 1.